The van der Waals surface area contributed by atoms with Crippen molar-refractivity contribution < 1.29 is 4.79 Å². The minimum absolute atomic E-state index is 0.113. The summed E-state index contributed by atoms with van der Waals surface area (Å²) in [4.78, 5) is 12.4. The number of amides is 1. The molecule has 18 heavy (non-hydrogen) atoms. The van der Waals surface area contributed by atoms with Gasteiger partial charge in [0, 0.05) is 5.69 Å². The molecule has 0 bridgehead atoms. The van der Waals surface area contributed by atoms with E-state index >= 15 is 0 Å². The summed E-state index contributed by atoms with van der Waals surface area (Å²) in [7, 11) is 0. The van der Waals surface area contributed by atoms with E-state index in [9.17, 15) is 4.79 Å². The lowest BCUT2D eigenvalue weighted by atomic mass is 10.0. The second kappa shape index (κ2) is 6.50. The summed E-state index contributed by atoms with van der Waals surface area (Å²) in [6.45, 7) is 6.01. The highest BCUT2D eigenvalue weighted by molar-refractivity contribution is 7.80. The molecule has 1 unspecified atom stereocenters. The van der Waals surface area contributed by atoms with Gasteiger partial charge in [-0.25, -0.2) is 0 Å². The summed E-state index contributed by atoms with van der Waals surface area (Å²) < 4.78 is 0. The Morgan fingerprint density at radius 1 is 1.44 bits per heavy atom. The monoisotopic (exact) mass is 264 g/mol. The van der Waals surface area contributed by atoms with Crippen LogP contribution in [0.2, 0.25) is 0 Å². The van der Waals surface area contributed by atoms with Crippen LogP contribution in [0.1, 0.15) is 30.9 Å². The van der Waals surface area contributed by atoms with Crippen LogP contribution < -0.4 is 11.1 Å². The molecule has 98 valence electrons. The van der Waals surface area contributed by atoms with Crippen LogP contribution in [0.4, 0.5) is 5.69 Å². The SMILES string of the molecule is CCCC(C(=O)Nc1cccc(C)c1C)C(N)=S. The van der Waals surface area contributed by atoms with E-state index in [4.69, 9.17) is 18.0 Å². The van der Waals surface area contributed by atoms with E-state index in [0.717, 1.165) is 23.2 Å². The molecular formula is C14H20N2OS. The van der Waals surface area contributed by atoms with Crippen molar-refractivity contribution in [2.24, 2.45) is 11.7 Å². The molecule has 1 amide bonds. The van der Waals surface area contributed by atoms with E-state index in [2.05, 4.69) is 5.32 Å². The number of anilines is 1. The van der Waals surface area contributed by atoms with Crippen molar-refractivity contribution in [3.63, 3.8) is 0 Å². The molecule has 1 atom stereocenters. The van der Waals surface area contributed by atoms with Gasteiger partial charge in [-0.15, -0.1) is 0 Å². The number of thiocarbonyl (C=S) groups is 1. The highest BCUT2D eigenvalue weighted by Crippen LogP contribution is 2.19. The van der Waals surface area contributed by atoms with Crippen LogP contribution >= 0.6 is 12.2 Å². The number of hydrogen-bond donors (Lipinski definition) is 2. The first-order chi connectivity index (χ1) is 8.47. The number of nitrogens with one attached hydrogen (secondary N) is 1. The van der Waals surface area contributed by atoms with E-state index in [1.165, 1.54) is 0 Å². The van der Waals surface area contributed by atoms with Gasteiger partial charge in [0.05, 0.1) is 10.9 Å². The summed E-state index contributed by atoms with van der Waals surface area (Å²) in [6.07, 6.45) is 1.56. The Bertz CT molecular complexity index is 457. The summed E-state index contributed by atoms with van der Waals surface area (Å²) in [5.41, 5.74) is 8.67. The molecule has 0 aliphatic rings. The van der Waals surface area contributed by atoms with E-state index in [-0.39, 0.29) is 16.8 Å². The number of hydrogen-bond acceptors (Lipinski definition) is 2. The largest absolute Gasteiger partial charge is 0.393 e. The third kappa shape index (κ3) is 3.53. The average molecular weight is 264 g/mol. The lowest BCUT2D eigenvalue weighted by molar-refractivity contribution is -0.118. The molecule has 1 rings (SSSR count). The van der Waals surface area contributed by atoms with E-state index < -0.39 is 0 Å². The number of carbonyl (C=O) groups is 1. The molecule has 0 spiro atoms. The first kappa shape index (κ1) is 14.6. The molecule has 3 N–H and O–H groups in total. The lowest BCUT2D eigenvalue weighted by Gasteiger charge is -2.16. The fraction of sp³-hybridized carbons (Fsp3) is 0.429. The molecule has 3 nitrogen and oxygen atoms in total. The van der Waals surface area contributed by atoms with Crippen LogP contribution in [0.3, 0.4) is 0 Å². The summed E-state index contributed by atoms with van der Waals surface area (Å²) in [6, 6.07) is 5.83. The van der Waals surface area contributed by atoms with E-state index in [1.807, 2.05) is 39.0 Å². The molecular weight excluding hydrogens is 244 g/mol. The number of rotatable bonds is 5. The van der Waals surface area contributed by atoms with Gasteiger partial charge < -0.3 is 11.1 Å². The van der Waals surface area contributed by atoms with Crippen LogP contribution in [-0.4, -0.2) is 10.9 Å². The van der Waals surface area contributed by atoms with Gasteiger partial charge >= 0.3 is 0 Å². The third-order valence-corrected chi connectivity index (χ3v) is 3.38. The predicted octanol–water partition coefficient (Wildman–Crippen LogP) is 2.94. The number of nitrogens with two attached hydrogens (primary N) is 1. The Balaban J connectivity index is 2.86. The van der Waals surface area contributed by atoms with Crippen LogP contribution in [-0.2, 0) is 4.79 Å². The maximum atomic E-state index is 12.1. The topological polar surface area (TPSA) is 55.1 Å². The van der Waals surface area contributed by atoms with E-state index in [0.29, 0.717) is 6.42 Å². The Morgan fingerprint density at radius 2 is 2.11 bits per heavy atom. The Morgan fingerprint density at radius 3 is 2.67 bits per heavy atom. The molecule has 0 radical (unpaired) electrons. The quantitative estimate of drug-likeness (QED) is 0.804. The second-order valence-electron chi connectivity index (χ2n) is 4.48. The van der Waals surface area contributed by atoms with Crippen molar-refractivity contribution in [3.05, 3.63) is 29.3 Å². The molecule has 0 aliphatic carbocycles. The van der Waals surface area contributed by atoms with Gasteiger partial charge in [0.2, 0.25) is 5.91 Å². The zero-order valence-electron chi connectivity index (χ0n) is 11.1. The molecule has 1 aromatic rings. The number of aryl methyl sites for hydroxylation is 1. The number of carbonyl (C=O) groups excluding carboxylic acids is 1. The summed E-state index contributed by atoms with van der Waals surface area (Å²) in [5.74, 6) is -0.497. The average Bonchev–Trinajstić information content (AvgIpc) is 2.31. The molecule has 0 fully saturated rings. The van der Waals surface area contributed by atoms with Crippen LogP contribution in [0.25, 0.3) is 0 Å². The Hall–Kier alpha value is -1.42. The Labute approximate surface area is 114 Å². The van der Waals surface area contributed by atoms with Gasteiger partial charge in [0.1, 0.15) is 0 Å². The van der Waals surface area contributed by atoms with Gasteiger partial charge in [-0.05, 0) is 37.5 Å². The molecule has 0 heterocycles. The smallest absolute Gasteiger partial charge is 0.234 e. The molecule has 4 heteroatoms. The zero-order valence-corrected chi connectivity index (χ0v) is 11.9. The highest BCUT2D eigenvalue weighted by Gasteiger charge is 2.20. The van der Waals surface area contributed by atoms with Gasteiger partial charge in [0.15, 0.2) is 0 Å². The second-order valence-corrected chi connectivity index (χ2v) is 4.95. The van der Waals surface area contributed by atoms with Gasteiger partial charge in [-0.1, -0.05) is 37.7 Å². The molecule has 0 saturated heterocycles. The van der Waals surface area contributed by atoms with Crippen molar-refractivity contribution in [2.75, 3.05) is 5.32 Å². The van der Waals surface area contributed by atoms with Crippen molar-refractivity contribution in [2.45, 2.75) is 33.6 Å². The Kier molecular flexibility index (Phi) is 5.28. The van der Waals surface area contributed by atoms with Crippen molar-refractivity contribution in [3.8, 4) is 0 Å². The highest BCUT2D eigenvalue weighted by atomic mass is 32.1. The first-order valence-corrected chi connectivity index (χ1v) is 6.54. The fourth-order valence-electron chi connectivity index (χ4n) is 1.80. The minimum atomic E-state index is -0.384. The standard InChI is InChI=1S/C14H20N2OS/c1-4-6-11(13(15)18)14(17)16-12-8-5-7-9(2)10(12)3/h5,7-8,11H,4,6H2,1-3H3,(H2,15,18)(H,16,17). The van der Waals surface area contributed by atoms with Crippen molar-refractivity contribution >= 4 is 28.8 Å². The normalized spacial score (nSPS) is 11.9. The van der Waals surface area contributed by atoms with E-state index in [1.54, 1.807) is 0 Å². The van der Waals surface area contributed by atoms with Crippen LogP contribution in [0.15, 0.2) is 18.2 Å². The lowest BCUT2D eigenvalue weighted by Crippen LogP contribution is -2.33. The van der Waals surface area contributed by atoms with Gasteiger partial charge in [0.25, 0.3) is 0 Å². The van der Waals surface area contributed by atoms with Crippen molar-refractivity contribution in [1.82, 2.24) is 0 Å². The molecule has 0 aliphatic heterocycles. The van der Waals surface area contributed by atoms with Crippen molar-refractivity contribution in [1.29, 1.82) is 0 Å². The third-order valence-electron chi connectivity index (χ3n) is 3.10. The maximum absolute atomic E-state index is 12.1. The van der Waals surface area contributed by atoms with Gasteiger partial charge in [-0.3, -0.25) is 4.79 Å². The fourth-order valence-corrected chi connectivity index (χ4v) is 2.02. The first-order valence-electron chi connectivity index (χ1n) is 6.13. The summed E-state index contributed by atoms with van der Waals surface area (Å²) >= 11 is 4.95. The van der Waals surface area contributed by atoms with Crippen LogP contribution in [0, 0.1) is 19.8 Å². The predicted molar refractivity (Wildman–Crippen MR) is 79.7 cm³/mol. The zero-order chi connectivity index (χ0) is 13.7. The van der Waals surface area contributed by atoms with Gasteiger partial charge in [-0.2, -0.15) is 0 Å². The molecule has 1 aromatic carbocycles. The molecule has 0 saturated carbocycles. The maximum Gasteiger partial charge on any atom is 0.234 e. The minimum Gasteiger partial charge on any atom is -0.393 e. The van der Waals surface area contributed by atoms with Crippen LogP contribution in [0.5, 0.6) is 0 Å². The molecule has 0 aromatic heterocycles. The summed E-state index contributed by atoms with van der Waals surface area (Å²) in [5, 5.41) is 2.91. The number of benzene rings is 1.